The van der Waals surface area contributed by atoms with Crippen LogP contribution < -0.4 is 11.1 Å². The number of likely N-dealkylation sites (tertiary alicyclic amines) is 1. The van der Waals surface area contributed by atoms with E-state index in [0.717, 1.165) is 55.9 Å². The highest BCUT2D eigenvalue weighted by Crippen LogP contribution is 2.45. The van der Waals surface area contributed by atoms with Crippen LogP contribution in [0.5, 0.6) is 0 Å². The molecule has 2 aromatic heterocycles. The van der Waals surface area contributed by atoms with Crippen molar-refractivity contribution < 1.29 is 9.53 Å². The molecule has 0 unspecified atom stereocenters. The number of hydrogen-bond donors (Lipinski definition) is 2. The Balaban J connectivity index is 1.48. The predicted molar refractivity (Wildman–Crippen MR) is 111 cm³/mol. The number of pyridine rings is 1. The van der Waals surface area contributed by atoms with Crippen molar-refractivity contribution in [3.8, 4) is 0 Å². The van der Waals surface area contributed by atoms with Crippen LogP contribution in [0.25, 0.3) is 0 Å². The molecule has 4 rings (SSSR count). The number of thiophene rings is 1. The van der Waals surface area contributed by atoms with Gasteiger partial charge in [0.15, 0.2) is 0 Å². The molecule has 6 nitrogen and oxygen atoms in total. The first kappa shape index (κ1) is 19.4. The third-order valence-electron chi connectivity index (χ3n) is 5.60. The van der Waals surface area contributed by atoms with Gasteiger partial charge in [0, 0.05) is 42.3 Å². The number of amides is 1. The standard InChI is InChI=1S/C21H28N4O2S/c1-14(2)24-20(26)17-12-15-5-11-27-21(18(15)28-17)6-9-25(10-7-21)13-16-4-3-8-23-19(16)22/h3-4,8,12,14H,5-7,9-11,13H2,1-2H3,(H2,22,23)(H,24,26). The molecule has 2 aliphatic rings. The second kappa shape index (κ2) is 7.81. The maximum absolute atomic E-state index is 12.5. The van der Waals surface area contributed by atoms with Crippen molar-refractivity contribution >= 4 is 23.1 Å². The number of ether oxygens (including phenoxy) is 1. The van der Waals surface area contributed by atoms with Crippen molar-refractivity contribution in [1.82, 2.24) is 15.2 Å². The molecule has 1 amide bonds. The van der Waals surface area contributed by atoms with Gasteiger partial charge in [-0.05, 0) is 50.8 Å². The van der Waals surface area contributed by atoms with Crippen molar-refractivity contribution in [3.63, 3.8) is 0 Å². The van der Waals surface area contributed by atoms with E-state index in [2.05, 4.69) is 21.3 Å². The molecule has 0 bridgehead atoms. The van der Waals surface area contributed by atoms with Crippen LogP contribution in [0.4, 0.5) is 5.82 Å². The van der Waals surface area contributed by atoms with Gasteiger partial charge in [-0.25, -0.2) is 4.98 Å². The minimum absolute atomic E-state index is 0.0223. The number of rotatable bonds is 4. The molecule has 2 aliphatic heterocycles. The van der Waals surface area contributed by atoms with E-state index in [-0.39, 0.29) is 17.6 Å². The van der Waals surface area contributed by atoms with Crippen molar-refractivity contribution in [2.45, 2.75) is 51.3 Å². The summed E-state index contributed by atoms with van der Waals surface area (Å²) >= 11 is 1.61. The molecular weight excluding hydrogens is 372 g/mol. The molecule has 1 spiro atoms. The summed E-state index contributed by atoms with van der Waals surface area (Å²) in [4.78, 5) is 21.1. The number of anilines is 1. The van der Waals surface area contributed by atoms with Crippen LogP contribution in [0.3, 0.4) is 0 Å². The Bertz CT molecular complexity index is 856. The van der Waals surface area contributed by atoms with Gasteiger partial charge in [-0.1, -0.05) is 6.07 Å². The summed E-state index contributed by atoms with van der Waals surface area (Å²) in [5, 5.41) is 3.00. The second-order valence-corrected chi connectivity index (χ2v) is 9.06. The molecule has 28 heavy (non-hydrogen) atoms. The lowest BCUT2D eigenvalue weighted by Crippen LogP contribution is -2.45. The summed E-state index contributed by atoms with van der Waals surface area (Å²) in [6.45, 7) is 7.40. The monoisotopic (exact) mass is 400 g/mol. The number of fused-ring (bicyclic) bond motifs is 2. The molecule has 0 aromatic carbocycles. The van der Waals surface area contributed by atoms with E-state index in [1.807, 2.05) is 26.0 Å². The number of nitrogens with one attached hydrogen (secondary N) is 1. The van der Waals surface area contributed by atoms with Crippen LogP contribution in [0.2, 0.25) is 0 Å². The van der Waals surface area contributed by atoms with Gasteiger partial charge in [0.1, 0.15) is 11.4 Å². The smallest absolute Gasteiger partial charge is 0.261 e. The number of hydrogen-bond acceptors (Lipinski definition) is 6. The number of nitrogen functional groups attached to an aromatic ring is 1. The van der Waals surface area contributed by atoms with Crippen LogP contribution in [0, 0.1) is 0 Å². The summed E-state index contributed by atoms with van der Waals surface area (Å²) in [5.74, 6) is 0.632. The molecule has 7 heteroatoms. The van der Waals surface area contributed by atoms with Gasteiger partial charge in [0.25, 0.3) is 5.91 Å². The molecule has 150 valence electrons. The maximum Gasteiger partial charge on any atom is 0.261 e. The molecule has 3 N–H and O–H groups in total. The minimum Gasteiger partial charge on any atom is -0.383 e. The highest BCUT2D eigenvalue weighted by atomic mass is 32.1. The highest BCUT2D eigenvalue weighted by molar-refractivity contribution is 7.14. The Kier molecular flexibility index (Phi) is 5.40. The number of piperidine rings is 1. The quantitative estimate of drug-likeness (QED) is 0.825. The topological polar surface area (TPSA) is 80.5 Å². The third kappa shape index (κ3) is 3.79. The zero-order chi connectivity index (χ0) is 19.7. The van der Waals surface area contributed by atoms with E-state index in [1.165, 1.54) is 10.4 Å². The Labute approximate surface area is 170 Å². The first-order valence-corrected chi connectivity index (χ1v) is 10.8. The summed E-state index contributed by atoms with van der Waals surface area (Å²) < 4.78 is 6.34. The number of aromatic nitrogens is 1. The fourth-order valence-electron chi connectivity index (χ4n) is 4.14. The molecular formula is C21H28N4O2S. The number of nitrogens with zero attached hydrogens (tertiary/aromatic N) is 2. The van der Waals surface area contributed by atoms with Gasteiger partial charge in [0.05, 0.1) is 11.5 Å². The van der Waals surface area contributed by atoms with Crippen LogP contribution in [0.1, 0.15) is 52.4 Å². The fourth-order valence-corrected chi connectivity index (χ4v) is 5.45. The largest absolute Gasteiger partial charge is 0.383 e. The summed E-state index contributed by atoms with van der Waals surface area (Å²) in [5.41, 5.74) is 8.12. The van der Waals surface area contributed by atoms with Gasteiger partial charge in [0.2, 0.25) is 0 Å². The van der Waals surface area contributed by atoms with Crippen molar-refractivity contribution in [1.29, 1.82) is 0 Å². The van der Waals surface area contributed by atoms with Crippen molar-refractivity contribution in [2.24, 2.45) is 0 Å². The Morgan fingerprint density at radius 2 is 2.21 bits per heavy atom. The van der Waals surface area contributed by atoms with Crippen LogP contribution in [-0.2, 0) is 23.3 Å². The highest BCUT2D eigenvalue weighted by Gasteiger charge is 2.42. The zero-order valence-corrected chi connectivity index (χ0v) is 17.3. The van der Waals surface area contributed by atoms with E-state index in [4.69, 9.17) is 10.5 Å². The van der Waals surface area contributed by atoms with Crippen LogP contribution in [-0.4, -0.2) is 41.5 Å². The van der Waals surface area contributed by atoms with E-state index in [0.29, 0.717) is 5.82 Å². The van der Waals surface area contributed by atoms with E-state index < -0.39 is 0 Å². The van der Waals surface area contributed by atoms with Gasteiger partial charge < -0.3 is 15.8 Å². The third-order valence-corrected chi connectivity index (χ3v) is 6.96. The lowest BCUT2D eigenvalue weighted by atomic mass is 9.85. The molecule has 0 radical (unpaired) electrons. The van der Waals surface area contributed by atoms with Gasteiger partial charge in [-0.15, -0.1) is 11.3 Å². The molecule has 0 aliphatic carbocycles. The lowest BCUT2D eigenvalue weighted by Gasteiger charge is -2.43. The number of carbonyl (C=O) groups is 1. The van der Waals surface area contributed by atoms with Gasteiger partial charge in [-0.3, -0.25) is 9.69 Å². The normalized spacial score (nSPS) is 19.0. The van der Waals surface area contributed by atoms with Crippen molar-refractivity contribution in [3.05, 3.63) is 45.3 Å². The predicted octanol–water partition coefficient (Wildman–Crippen LogP) is 2.93. The maximum atomic E-state index is 12.5. The minimum atomic E-state index is -0.244. The summed E-state index contributed by atoms with van der Waals surface area (Å²) in [6.07, 6.45) is 4.49. The summed E-state index contributed by atoms with van der Waals surface area (Å²) in [6, 6.07) is 6.19. The van der Waals surface area contributed by atoms with Gasteiger partial charge >= 0.3 is 0 Å². The average Bonchev–Trinajstić information content (AvgIpc) is 3.11. The van der Waals surface area contributed by atoms with Crippen LogP contribution >= 0.6 is 11.3 Å². The molecule has 0 atom stereocenters. The van der Waals surface area contributed by atoms with Crippen LogP contribution in [0.15, 0.2) is 24.4 Å². The van der Waals surface area contributed by atoms with E-state index >= 15 is 0 Å². The first-order valence-electron chi connectivity index (χ1n) is 9.96. The van der Waals surface area contributed by atoms with E-state index in [9.17, 15) is 4.79 Å². The van der Waals surface area contributed by atoms with Crippen molar-refractivity contribution in [2.75, 3.05) is 25.4 Å². The molecule has 0 saturated carbocycles. The fraction of sp³-hybridized carbons (Fsp3) is 0.524. The zero-order valence-electron chi connectivity index (χ0n) is 16.5. The molecule has 1 fully saturated rings. The SMILES string of the molecule is CC(C)NC(=O)c1cc2c(s1)C1(CCN(Cc3cccnc3N)CC1)OCC2. The Morgan fingerprint density at radius 3 is 2.93 bits per heavy atom. The summed E-state index contributed by atoms with van der Waals surface area (Å²) in [7, 11) is 0. The van der Waals surface area contributed by atoms with E-state index in [1.54, 1.807) is 17.5 Å². The number of carbonyl (C=O) groups excluding carboxylic acids is 1. The molecule has 2 aromatic rings. The second-order valence-electron chi connectivity index (χ2n) is 8.01. The molecule has 4 heterocycles. The Morgan fingerprint density at radius 1 is 1.43 bits per heavy atom. The number of nitrogens with two attached hydrogens (primary N) is 1. The molecule has 1 saturated heterocycles. The lowest BCUT2D eigenvalue weighted by molar-refractivity contribution is -0.0960. The first-order chi connectivity index (χ1) is 13.5. The Hall–Kier alpha value is -1.96. The average molecular weight is 401 g/mol. The van der Waals surface area contributed by atoms with Gasteiger partial charge in [-0.2, -0.15) is 0 Å².